The maximum Gasteiger partial charge on any atom is 0.252 e. The number of aromatic amines is 1. The zero-order chi connectivity index (χ0) is 22.4. The molecule has 0 unspecified atom stereocenters. The Morgan fingerprint density at radius 2 is 1.83 bits per heavy atom. The summed E-state index contributed by atoms with van der Waals surface area (Å²) in [6, 6.07) is 10.9. The Bertz CT molecular complexity index is 918. The minimum atomic E-state index is -0.124. The Balaban J connectivity index is 0.000000826. The van der Waals surface area contributed by atoms with Crippen molar-refractivity contribution in [3.63, 3.8) is 0 Å². The fourth-order valence-corrected chi connectivity index (χ4v) is 3.33. The molecular weight excluding hydrogens is 396 g/mol. The number of aryl methyl sites for hydroxylation is 1. The number of aromatic hydroxyl groups is 1. The van der Waals surface area contributed by atoms with Gasteiger partial charge >= 0.3 is 0 Å². The molecule has 0 spiro atoms. The highest BCUT2D eigenvalue weighted by molar-refractivity contribution is 7.07. The van der Waals surface area contributed by atoms with E-state index < -0.39 is 0 Å². The van der Waals surface area contributed by atoms with Crippen LogP contribution in [-0.2, 0) is 12.8 Å². The summed E-state index contributed by atoms with van der Waals surface area (Å²) in [6.07, 6.45) is 10.5. The molecule has 7 heteroatoms. The molecule has 0 fully saturated rings. The summed E-state index contributed by atoms with van der Waals surface area (Å²) in [7, 11) is 5.68. The second-order valence-electron chi connectivity index (χ2n) is 6.56. The number of phenolic OH excluding ortho intramolecular Hbond substituents is 1. The number of hydrogen-bond acceptors (Lipinski definition) is 6. The van der Waals surface area contributed by atoms with Gasteiger partial charge in [-0.2, -0.15) is 11.3 Å². The van der Waals surface area contributed by atoms with Crippen molar-refractivity contribution in [2.75, 3.05) is 32.6 Å². The van der Waals surface area contributed by atoms with Crippen molar-refractivity contribution in [3.8, 4) is 18.6 Å². The molecule has 0 amide bonds. The van der Waals surface area contributed by atoms with Gasteiger partial charge in [0.05, 0.1) is 5.69 Å². The van der Waals surface area contributed by atoms with E-state index in [1.807, 2.05) is 43.6 Å². The molecule has 3 rings (SSSR count). The number of H-pyrrole nitrogens is 1. The highest BCUT2D eigenvalue weighted by Gasteiger charge is 2.07. The third-order valence-corrected chi connectivity index (χ3v) is 4.74. The molecule has 0 aliphatic rings. The van der Waals surface area contributed by atoms with Crippen molar-refractivity contribution in [2.24, 2.45) is 0 Å². The van der Waals surface area contributed by atoms with Crippen molar-refractivity contribution < 1.29 is 5.11 Å². The van der Waals surface area contributed by atoms with Crippen molar-refractivity contribution in [2.45, 2.75) is 19.3 Å². The number of anilines is 1. The average molecular weight is 427 g/mol. The molecule has 6 nitrogen and oxygen atoms in total. The fourth-order valence-electron chi connectivity index (χ4n) is 2.66. The second-order valence-corrected chi connectivity index (χ2v) is 7.34. The minimum Gasteiger partial charge on any atom is -0.508 e. The summed E-state index contributed by atoms with van der Waals surface area (Å²) >= 11 is 1.64. The Kier molecular flexibility index (Phi) is 11.6. The molecule has 160 valence electrons. The predicted molar refractivity (Wildman–Crippen MR) is 127 cm³/mol. The fraction of sp³-hybridized carbons (Fsp3) is 0.304. The first-order valence-electron chi connectivity index (χ1n) is 9.54. The molecule has 3 aromatic rings. The standard InChI is InChI=1S/C19H21N3O2S.C2H7N.C2H2/c1-22(9-2-3-14-4-6-17(23)7-5-14)19-20-16(12-18(24)21-19)11-15-8-10-25-13-15;1-3-2;1-2/h4-8,10,12-13,23H,2-3,9,11H2,1H3,(H,20,21,24);3H,1-2H3;1-2H. The zero-order valence-corrected chi connectivity index (χ0v) is 18.6. The maximum absolute atomic E-state index is 11.9. The van der Waals surface area contributed by atoms with Gasteiger partial charge in [0.15, 0.2) is 0 Å². The molecule has 0 radical (unpaired) electrons. The van der Waals surface area contributed by atoms with Crippen LogP contribution in [0.3, 0.4) is 0 Å². The largest absolute Gasteiger partial charge is 0.508 e. The van der Waals surface area contributed by atoms with Crippen LogP contribution in [0.4, 0.5) is 5.95 Å². The SMILES string of the molecule is C#C.CN(CCCc1ccc(O)cc1)c1nc(Cc2ccsc2)cc(=O)[nH]1.CNC. The number of nitrogens with zero attached hydrogens (tertiary/aromatic N) is 2. The monoisotopic (exact) mass is 426 g/mol. The number of aromatic nitrogens is 2. The van der Waals surface area contributed by atoms with Crippen LogP contribution < -0.4 is 15.8 Å². The van der Waals surface area contributed by atoms with Gasteiger partial charge in [-0.25, -0.2) is 4.98 Å². The number of terminal acetylenes is 1. The van der Waals surface area contributed by atoms with E-state index in [-0.39, 0.29) is 11.3 Å². The van der Waals surface area contributed by atoms with Crippen LogP contribution in [-0.4, -0.2) is 42.8 Å². The Morgan fingerprint density at radius 1 is 1.17 bits per heavy atom. The molecule has 0 atom stereocenters. The summed E-state index contributed by atoms with van der Waals surface area (Å²) in [5.74, 6) is 0.883. The highest BCUT2D eigenvalue weighted by atomic mass is 32.1. The molecule has 0 aliphatic carbocycles. The van der Waals surface area contributed by atoms with E-state index >= 15 is 0 Å². The summed E-state index contributed by atoms with van der Waals surface area (Å²) in [5, 5.41) is 16.2. The van der Waals surface area contributed by atoms with Crippen molar-refractivity contribution in [1.29, 1.82) is 0 Å². The summed E-state index contributed by atoms with van der Waals surface area (Å²) in [6.45, 7) is 0.783. The van der Waals surface area contributed by atoms with E-state index in [1.165, 1.54) is 11.1 Å². The quantitative estimate of drug-likeness (QED) is 0.505. The van der Waals surface area contributed by atoms with E-state index in [0.29, 0.717) is 12.4 Å². The number of hydrogen-bond donors (Lipinski definition) is 3. The van der Waals surface area contributed by atoms with Gasteiger partial charge in [0.1, 0.15) is 5.75 Å². The summed E-state index contributed by atoms with van der Waals surface area (Å²) in [4.78, 5) is 21.3. The normalized spacial score (nSPS) is 9.63. The first kappa shape index (κ1) is 25.0. The Labute approximate surface area is 182 Å². The van der Waals surface area contributed by atoms with E-state index in [4.69, 9.17) is 0 Å². The van der Waals surface area contributed by atoms with Gasteiger partial charge in [-0.05, 0) is 67.0 Å². The Hall–Kier alpha value is -3.08. The van der Waals surface area contributed by atoms with Gasteiger partial charge in [-0.3, -0.25) is 9.78 Å². The first-order valence-corrected chi connectivity index (χ1v) is 10.5. The predicted octanol–water partition coefficient (Wildman–Crippen LogP) is 3.28. The van der Waals surface area contributed by atoms with Crippen LogP contribution in [0.1, 0.15) is 23.2 Å². The van der Waals surface area contributed by atoms with Gasteiger partial charge in [-0.15, -0.1) is 12.8 Å². The van der Waals surface area contributed by atoms with Crippen LogP contribution in [0.15, 0.2) is 52.0 Å². The summed E-state index contributed by atoms with van der Waals surface area (Å²) in [5.41, 5.74) is 3.01. The van der Waals surface area contributed by atoms with Gasteiger partial charge < -0.3 is 15.3 Å². The van der Waals surface area contributed by atoms with Gasteiger partial charge in [-0.1, -0.05) is 12.1 Å². The van der Waals surface area contributed by atoms with E-state index in [0.717, 1.165) is 25.1 Å². The molecule has 2 aromatic heterocycles. The smallest absolute Gasteiger partial charge is 0.252 e. The zero-order valence-electron chi connectivity index (χ0n) is 17.8. The van der Waals surface area contributed by atoms with Crippen LogP contribution in [0.2, 0.25) is 0 Å². The molecular formula is C23H30N4O2S. The Morgan fingerprint density at radius 3 is 2.43 bits per heavy atom. The van der Waals surface area contributed by atoms with Crippen LogP contribution in [0.25, 0.3) is 0 Å². The third kappa shape index (κ3) is 8.95. The average Bonchev–Trinajstić information content (AvgIpc) is 3.24. The molecule has 3 N–H and O–H groups in total. The highest BCUT2D eigenvalue weighted by Crippen LogP contribution is 2.14. The van der Waals surface area contributed by atoms with E-state index in [9.17, 15) is 9.90 Å². The second kappa shape index (κ2) is 14.0. The van der Waals surface area contributed by atoms with Crippen molar-refractivity contribution in [1.82, 2.24) is 15.3 Å². The minimum absolute atomic E-state index is 0.124. The number of phenols is 1. The lowest BCUT2D eigenvalue weighted by Crippen LogP contribution is -2.25. The third-order valence-electron chi connectivity index (χ3n) is 4.00. The number of benzene rings is 1. The van der Waals surface area contributed by atoms with Crippen LogP contribution >= 0.6 is 11.3 Å². The molecule has 1 aromatic carbocycles. The molecule has 0 bridgehead atoms. The molecule has 30 heavy (non-hydrogen) atoms. The number of thiophene rings is 1. The molecule has 0 saturated heterocycles. The van der Waals surface area contributed by atoms with E-state index in [1.54, 1.807) is 29.5 Å². The van der Waals surface area contributed by atoms with Gasteiger partial charge in [0.25, 0.3) is 5.56 Å². The van der Waals surface area contributed by atoms with Crippen molar-refractivity contribution >= 4 is 17.3 Å². The van der Waals surface area contributed by atoms with Gasteiger partial charge in [0, 0.05) is 26.1 Å². The van der Waals surface area contributed by atoms with Crippen molar-refractivity contribution in [3.05, 3.63) is 74.3 Å². The first-order chi connectivity index (χ1) is 14.5. The lowest BCUT2D eigenvalue weighted by Gasteiger charge is -2.18. The lowest BCUT2D eigenvalue weighted by atomic mass is 10.1. The summed E-state index contributed by atoms with van der Waals surface area (Å²) < 4.78 is 0. The van der Waals surface area contributed by atoms with Gasteiger partial charge in [0.2, 0.25) is 5.95 Å². The van der Waals surface area contributed by atoms with E-state index in [2.05, 4.69) is 39.6 Å². The number of rotatable bonds is 7. The molecule has 0 saturated carbocycles. The maximum atomic E-state index is 11.9. The van der Waals surface area contributed by atoms with Crippen LogP contribution in [0, 0.1) is 12.8 Å². The molecule has 0 aliphatic heterocycles. The molecule has 2 heterocycles. The van der Waals surface area contributed by atoms with Crippen LogP contribution in [0.5, 0.6) is 5.75 Å². The topological polar surface area (TPSA) is 81.2 Å². The number of nitrogens with one attached hydrogen (secondary N) is 2. The lowest BCUT2D eigenvalue weighted by molar-refractivity contribution is 0.475.